The Morgan fingerprint density at radius 2 is 1.70 bits per heavy atom. The lowest BCUT2D eigenvalue weighted by atomic mass is 9.87. The van der Waals surface area contributed by atoms with Crippen molar-refractivity contribution in [3.63, 3.8) is 0 Å². The Morgan fingerprint density at radius 1 is 1.04 bits per heavy atom. The van der Waals surface area contributed by atoms with E-state index < -0.39 is 15.8 Å². The summed E-state index contributed by atoms with van der Waals surface area (Å²) in [5.41, 5.74) is 0.693. The largest absolute Gasteiger partial charge is 0.349 e. The van der Waals surface area contributed by atoms with Gasteiger partial charge >= 0.3 is 0 Å². The number of rotatable bonds is 5. The van der Waals surface area contributed by atoms with Crippen LogP contribution in [0.4, 0.5) is 10.1 Å². The third kappa shape index (κ3) is 5.07. The van der Waals surface area contributed by atoms with Crippen molar-refractivity contribution in [1.29, 1.82) is 0 Å². The van der Waals surface area contributed by atoms with Crippen molar-refractivity contribution in [3.05, 3.63) is 59.9 Å². The number of halogens is 1. The van der Waals surface area contributed by atoms with Gasteiger partial charge in [0.2, 0.25) is 0 Å². The predicted molar refractivity (Wildman–Crippen MR) is 103 cm³/mol. The molecule has 1 fully saturated rings. The molecule has 27 heavy (non-hydrogen) atoms. The van der Waals surface area contributed by atoms with Gasteiger partial charge in [0.25, 0.3) is 15.9 Å². The van der Waals surface area contributed by atoms with E-state index in [2.05, 4.69) is 17.0 Å². The summed E-state index contributed by atoms with van der Waals surface area (Å²) in [5.74, 6) is -0.0284. The lowest BCUT2D eigenvalue weighted by Gasteiger charge is -2.27. The Morgan fingerprint density at radius 3 is 2.33 bits per heavy atom. The average molecular weight is 390 g/mol. The SMILES string of the molecule is CC1CCCC(NC(=O)c2ccc(S(=O)(=O)Nc3ccc(F)cc3)cc2)C1. The van der Waals surface area contributed by atoms with E-state index in [9.17, 15) is 17.6 Å². The Hall–Kier alpha value is -2.41. The first-order chi connectivity index (χ1) is 12.8. The maximum absolute atomic E-state index is 12.9. The average Bonchev–Trinajstić information content (AvgIpc) is 2.63. The van der Waals surface area contributed by atoms with Crippen LogP contribution in [0.3, 0.4) is 0 Å². The van der Waals surface area contributed by atoms with Crippen LogP contribution in [-0.4, -0.2) is 20.4 Å². The fourth-order valence-electron chi connectivity index (χ4n) is 3.35. The normalized spacial score (nSPS) is 20.1. The van der Waals surface area contributed by atoms with Crippen LogP contribution in [-0.2, 0) is 10.0 Å². The van der Waals surface area contributed by atoms with Crippen LogP contribution >= 0.6 is 0 Å². The van der Waals surface area contributed by atoms with E-state index >= 15 is 0 Å². The van der Waals surface area contributed by atoms with Crippen molar-refractivity contribution in [3.8, 4) is 0 Å². The molecule has 5 nitrogen and oxygen atoms in total. The first-order valence-electron chi connectivity index (χ1n) is 9.03. The zero-order valence-electron chi connectivity index (χ0n) is 15.1. The summed E-state index contributed by atoms with van der Waals surface area (Å²) in [6.45, 7) is 2.19. The maximum Gasteiger partial charge on any atom is 0.261 e. The van der Waals surface area contributed by atoms with E-state index in [4.69, 9.17) is 0 Å². The number of amides is 1. The van der Waals surface area contributed by atoms with E-state index in [0.717, 1.165) is 19.3 Å². The quantitative estimate of drug-likeness (QED) is 0.812. The number of hydrogen-bond donors (Lipinski definition) is 2. The summed E-state index contributed by atoms with van der Waals surface area (Å²) in [7, 11) is -3.81. The summed E-state index contributed by atoms with van der Waals surface area (Å²) in [4.78, 5) is 12.4. The highest BCUT2D eigenvalue weighted by Gasteiger charge is 2.21. The lowest BCUT2D eigenvalue weighted by molar-refractivity contribution is 0.0921. The molecule has 1 amide bonds. The van der Waals surface area contributed by atoms with Crippen molar-refractivity contribution in [2.45, 2.75) is 43.5 Å². The van der Waals surface area contributed by atoms with Gasteiger partial charge in [-0.15, -0.1) is 0 Å². The first-order valence-corrected chi connectivity index (χ1v) is 10.5. The standard InChI is InChI=1S/C20H23FN2O3S/c1-14-3-2-4-18(13-14)22-20(24)15-5-11-19(12-6-15)27(25,26)23-17-9-7-16(21)8-10-17/h5-12,14,18,23H,2-4,13H2,1H3,(H,22,24). The van der Waals surface area contributed by atoms with Gasteiger partial charge in [-0.3, -0.25) is 9.52 Å². The van der Waals surface area contributed by atoms with E-state index in [0.29, 0.717) is 11.5 Å². The number of carbonyl (C=O) groups is 1. The molecule has 0 aromatic heterocycles. The summed E-state index contributed by atoms with van der Waals surface area (Å²) >= 11 is 0. The van der Waals surface area contributed by atoms with Crippen LogP contribution in [0.25, 0.3) is 0 Å². The van der Waals surface area contributed by atoms with Gasteiger partial charge < -0.3 is 5.32 Å². The third-order valence-corrected chi connectivity index (χ3v) is 6.19. The molecule has 7 heteroatoms. The second-order valence-corrected chi connectivity index (χ2v) is 8.76. The summed E-state index contributed by atoms with van der Waals surface area (Å²) in [6.07, 6.45) is 4.25. The topological polar surface area (TPSA) is 75.3 Å². The molecule has 2 aromatic carbocycles. The molecule has 1 aliphatic rings. The zero-order chi connectivity index (χ0) is 19.4. The Kier molecular flexibility index (Phi) is 5.79. The van der Waals surface area contributed by atoms with Gasteiger partial charge in [0.05, 0.1) is 4.90 Å². The Balaban J connectivity index is 1.66. The molecular formula is C20H23FN2O3S. The Bertz CT molecular complexity index is 896. The minimum Gasteiger partial charge on any atom is -0.349 e. The fourth-order valence-corrected chi connectivity index (χ4v) is 4.41. The number of hydrogen-bond acceptors (Lipinski definition) is 3. The molecule has 1 saturated carbocycles. The summed E-state index contributed by atoms with van der Waals surface area (Å²) < 4.78 is 40.2. The van der Waals surface area contributed by atoms with Gasteiger partial charge in [-0.05, 0) is 67.3 Å². The van der Waals surface area contributed by atoms with Crippen LogP contribution in [0.5, 0.6) is 0 Å². The molecule has 0 bridgehead atoms. The molecule has 144 valence electrons. The van der Waals surface area contributed by atoms with Crippen molar-refractivity contribution >= 4 is 21.6 Å². The van der Waals surface area contributed by atoms with Crippen molar-refractivity contribution in [1.82, 2.24) is 5.32 Å². The van der Waals surface area contributed by atoms with E-state index in [1.54, 1.807) is 0 Å². The Labute approximate surface area is 159 Å². The molecule has 0 saturated heterocycles. The van der Waals surface area contributed by atoms with E-state index in [1.807, 2.05) is 0 Å². The van der Waals surface area contributed by atoms with Gasteiger partial charge in [0.15, 0.2) is 0 Å². The van der Waals surface area contributed by atoms with Gasteiger partial charge in [-0.25, -0.2) is 12.8 Å². The van der Waals surface area contributed by atoms with Crippen LogP contribution < -0.4 is 10.0 Å². The van der Waals surface area contributed by atoms with Gasteiger partial charge in [-0.2, -0.15) is 0 Å². The molecule has 2 unspecified atom stereocenters. The molecule has 2 N–H and O–H groups in total. The van der Waals surface area contributed by atoms with Crippen molar-refractivity contribution in [2.24, 2.45) is 5.92 Å². The van der Waals surface area contributed by atoms with Gasteiger partial charge in [0.1, 0.15) is 5.82 Å². The fraction of sp³-hybridized carbons (Fsp3) is 0.350. The number of nitrogens with one attached hydrogen (secondary N) is 2. The van der Waals surface area contributed by atoms with Gasteiger partial charge in [0, 0.05) is 17.3 Å². The van der Waals surface area contributed by atoms with Gasteiger partial charge in [-0.1, -0.05) is 19.8 Å². The molecule has 2 aromatic rings. The molecule has 0 heterocycles. The summed E-state index contributed by atoms with van der Waals surface area (Å²) in [5, 5.41) is 3.03. The number of benzene rings is 2. The highest BCUT2D eigenvalue weighted by Crippen LogP contribution is 2.24. The molecule has 1 aliphatic carbocycles. The molecule has 0 radical (unpaired) electrons. The van der Waals surface area contributed by atoms with Crippen LogP contribution in [0.1, 0.15) is 43.0 Å². The third-order valence-electron chi connectivity index (χ3n) is 4.79. The van der Waals surface area contributed by atoms with Crippen molar-refractivity contribution < 1.29 is 17.6 Å². The maximum atomic E-state index is 12.9. The minimum absolute atomic E-state index is 0.0367. The van der Waals surface area contributed by atoms with Crippen LogP contribution in [0.2, 0.25) is 0 Å². The second-order valence-electron chi connectivity index (χ2n) is 7.08. The monoisotopic (exact) mass is 390 g/mol. The van der Waals surface area contributed by atoms with E-state index in [1.165, 1.54) is 55.0 Å². The molecule has 0 aliphatic heterocycles. The smallest absolute Gasteiger partial charge is 0.261 e. The predicted octanol–water partition coefficient (Wildman–Crippen LogP) is 3.94. The number of sulfonamides is 1. The van der Waals surface area contributed by atoms with Crippen LogP contribution in [0.15, 0.2) is 53.4 Å². The summed E-state index contributed by atoms with van der Waals surface area (Å²) in [6, 6.07) is 11.0. The number of carbonyl (C=O) groups excluding carboxylic acids is 1. The minimum atomic E-state index is -3.81. The molecule has 2 atom stereocenters. The lowest BCUT2D eigenvalue weighted by Crippen LogP contribution is -2.37. The molecule has 0 spiro atoms. The van der Waals surface area contributed by atoms with Crippen LogP contribution in [0, 0.1) is 11.7 Å². The molecule has 3 rings (SSSR count). The highest BCUT2D eigenvalue weighted by atomic mass is 32.2. The molecular weight excluding hydrogens is 367 g/mol. The highest BCUT2D eigenvalue weighted by molar-refractivity contribution is 7.92. The van der Waals surface area contributed by atoms with Crippen molar-refractivity contribution in [2.75, 3.05) is 4.72 Å². The zero-order valence-corrected chi connectivity index (χ0v) is 15.9. The first kappa shape index (κ1) is 19.4. The van der Waals surface area contributed by atoms with E-state index in [-0.39, 0.29) is 22.5 Å². The number of anilines is 1. The second kappa shape index (κ2) is 8.08.